The van der Waals surface area contributed by atoms with E-state index in [0.717, 1.165) is 5.56 Å². The van der Waals surface area contributed by atoms with Crippen molar-refractivity contribution in [3.05, 3.63) is 64.7 Å². The summed E-state index contributed by atoms with van der Waals surface area (Å²) in [5.41, 5.74) is 7.52. The van der Waals surface area contributed by atoms with E-state index in [1.54, 1.807) is 30.3 Å². The highest BCUT2D eigenvalue weighted by atomic mass is 35.5. The molecule has 1 fully saturated rings. The lowest BCUT2D eigenvalue weighted by Gasteiger charge is -2.42. The standard InChI is InChI=1S/C22H26ClN5O3/c1-15-4-2-5-18(14-15)26-22(31)28-13-3-12-27(20(28)19(29)25-11-10-24)21(30)16-6-8-17(23)9-7-16/h2,4-9,14,20H,3,10-13,24H2,1H3,(H,25,29)(H,26,31). The highest BCUT2D eigenvalue weighted by Gasteiger charge is 2.40. The predicted octanol–water partition coefficient (Wildman–Crippen LogP) is 2.43. The van der Waals surface area contributed by atoms with Crippen molar-refractivity contribution in [1.29, 1.82) is 0 Å². The molecule has 0 saturated carbocycles. The third-order valence-electron chi connectivity index (χ3n) is 4.95. The lowest BCUT2D eigenvalue weighted by Crippen LogP contribution is -2.64. The molecule has 1 heterocycles. The van der Waals surface area contributed by atoms with Crippen LogP contribution in [0.3, 0.4) is 0 Å². The molecule has 4 N–H and O–H groups in total. The molecule has 0 radical (unpaired) electrons. The van der Waals surface area contributed by atoms with Crippen molar-refractivity contribution in [3.63, 3.8) is 0 Å². The van der Waals surface area contributed by atoms with Crippen LogP contribution in [0.5, 0.6) is 0 Å². The Kier molecular flexibility index (Phi) is 7.49. The average Bonchev–Trinajstić information content (AvgIpc) is 2.77. The number of amides is 4. The number of rotatable bonds is 5. The van der Waals surface area contributed by atoms with Crippen molar-refractivity contribution in [2.45, 2.75) is 19.5 Å². The van der Waals surface area contributed by atoms with Gasteiger partial charge >= 0.3 is 6.03 Å². The second-order valence-corrected chi connectivity index (χ2v) is 7.74. The van der Waals surface area contributed by atoms with Crippen LogP contribution in [0.15, 0.2) is 48.5 Å². The summed E-state index contributed by atoms with van der Waals surface area (Å²) in [6.45, 7) is 3.09. The first kappa shape index (κ1) is 22.6. The fourth-order valence-corrected chi connectivity index (χ4v) is 3.62. The summed E-state index contributed by atoms with van der Waals surface area (Å²) < 4.78 is 0. The minimum Gasteiger partial charge on any atom is -0.351 e. The van der Waals surface area contributed by atoms with Crippen LogP contribution in [0, 0.1) is 6.92 Å². The number of benzene rings is 2. The molecule has 4 amide bonds. The van der Waals surface area contributed by atoms with E-state index in [-0.39, 0.29) is 19.0 Å². The Hall–Kier alpha value is -3.10. The Morgan fingerprint density at radius 2 is 1.81 bits per heavy atom. The van der Waals surface area contributed by atoms with Crippen molar-refractivity contribution in [2.75, 3.05) is 31.5 Å². The molecular weight excluding hydrogens is 418 g/mol. The number of carbonyl (C=O) groups is 3. The molecule has 3 rings (SSSR count). The lowest BCUT2D eigenvalue weighted by atomic mass is 10.1. The van der Waals surface area contributed by atoms with Gasteiger partial charge in [0.15, 0.2) is 6.17 Å². The summed E-state index contributed by atoms with van der Waals surface area (Å²) in [4.78, 5) is 42.0. The molecule has 1 aliphatic rings. The number of aryl methyl sites for hydroxylation is 1. The number of carbonyl (C=O) groups excluding carboxylic acids is 3. The number of nitrogens with zero attached hydrogens (tertiary/aromatic N) is 2. The van der Waals surface area contributed by atoms with Crippen molar-refractivity contribution >= 4 is 35.1 Å². The molecule has 0 aromatic heterocycles. The van der Waals surface area contributed by atoms with Gasteiger partial charge in [-0.3, -0.25) is 14.5 Å². The monoisotopic (exact) mass is 443 g/mol. The molecular formula is C22H26ClN5O3. The Bertz CT molecular complexity index is 950. The largest absolute Gasteiger partial charge is 0.351 e. The predicted molar refractivity (Wildman–Crippen MR) is 120 cm³/mol. The first-order chi connectivity index (χ1) is 14.9. The van der Waals surface area contributed by atoms with Gasteiger partial charge in [0.25, 0.3) is 11.8 Å². The van der Waals surface area contributed by atoms with Crippen LogP contribution in [0.2, 0.25) is 5.02 Å². The van der Waals surface area contributed by atoms with Gasteiger partial charge in [0.2, 0.25) is 0 Å². The molecule has 9 heteroatoms. The summed E-state index contributed by atoms with van der Waals surface area (Å²) in [6, 6.07) is 13.4. The van der Waals surface area contributed by atoms with Crippen LogP contribution in [0.4, 0.5) is 10.5 Å². The summed E-state index contributed by atoms with van der Waals surface area (Å²) in [6.07, 6.45) is -0.547. The smallest absolute Gasteiger partial charge is 0.323 e. The zero-order chi connectivity index (χ0) is 22.4. The number of nitrogens with one attached hydrogen (secondary N) is 2. The van der Waals surface area contributed by atoms with Gasteiger partial charge in [0.1, 0.15) is 0 Å². The number of urea groups is 1. The van der Waals surface area contributed by atoms with Gasteiger partial charge in [0.05, 0.1) is 0 Å². The van der Waals surface area contributed by atoms with Crippen LogP contribution in [-0.4, -0.2) is 60.0 Å². The molecule has 8 nitrogen and oxygen atoms in total. The molecule has 0 bridgehead atoms. The molecule has 0 aliphatic carbocycles. The van der Waals surface area contributed by atoms with Crippen molar-refractivity contribution in [2.24, 2.45) is 5.73 Å². The van der Waals surface area contributed by atoms with E-state index in [0.29, 0.717) is 35.8 Å². The highest BCUT2D eigenvalue weighted by Crippen LogP contribution is 2.21. The molecule has 1 atom stereocenters. The summed E-state index contributed by atoms with van der Waals surface area (Å²) in [5.74, 6) is -0.801. The number of nitrogens with two attached hydrogens (primary N) is 1. The average molecular weight is 444 g/mol. The maximum absolute atomic E-state index is 13.2. The van der Waals surface area contributed by atoms with Crippen LogP contribution in [0.1, 0.15) is 22.3 Å². The minimum absolute atomic E-state index is 0.242. The highest BCUT2D eigenvalue weighted by molar-refractivity contribution is 6.30. The second-order valence-electron chi connectivity index (χ2n) is 7.31. The van der Waals surface area contributed by atoms with E-state index in [4.69, 9.17) is 17.3 Å². The lowest BCUT2D eigenvalue weighted by molar-refractivity contribution is -0.132. The molecule has 2 aromatic carbocycles. The van der Waals surface area contributed by atoms with Crippen LogP contribution >= 0.6 is 11.6 Å². The van der Waals surface area contributed by atoms with Gasteiger partial charge in [-0.15, -0.1) is 0 Å². The molecule has 0 spiro atoms. The topological polar surface area (TPSA) is 108 Å². The normalized spacial score (nSPS) is 16.0. The SMILES string of the molecule is Cc1cccc(NC(=O)N2CCCN(C(=O)c3ccc(Cl)cc3)C2C(=O)NCCN)c1. The Labute approximate surface area is 186 Å². The van der Waals surface area contributed by atoms with E-state index in [1.807, 2.05) is 25.1 Å². The van der Waals surface area contributed by atoms with Gasteiger partial charge in [0, 0.05) is 42.5 Å². The first-order valence-corrected chi connectivity index (χ1v) is 10.5. The number of anilines is 1. The number of hydrogen-bond acceptors (Lipinski definition) is 4. The molecule has 2 aromatic rings. The van der Waals surface area contributed by atoms with Gasteiger partial charge in [-0.2, -0.15) is 0 Å². The molecule has 1 unspecified atom stereocenters. The van der Waals surface area contributed by atoms with Crippen LogP contribution in [-0.2, 0) is 4.79 Å². The van der Waals surface area contributed by atoms with Gasteiger partial charge in [-0.25, -0.2) is 4.79 Å². The van der Waals surface area contributed by atoms with Gasteiger partial charge < -0.3 is 21.3 Å². The van der Waals surface area contributed by atoms with E-state index >= 15 is 0 Å². The quantitative estimate of drug-likeness (QED) is 0.659. The van der Waals surface area contributed by atoms with Crippen LogP contribution in [0.25, 0.3) is 0 Å². The van der Waals surface area contributed by atoms with E-state index < -0.39 is 18.1 Å². The number of halogens is 1. The van der Waals surface area contributed by atoms with Crippen molar-refractivity contribution in [1.82, 2.24) is 15.1 Å². The zero-order valence-corrected chi connectivity index (χ0v) is 18.1. The maximum atomic E-state index is 13.2. The first-order valence-electron chi connectivity index (χ1n) is 10.1. The summed E-state index contributed by atoms with van der Waals surface area (Å²) in [5, 5.41) is 6.04. The van der Waals surface area contributed by atoms with Gasteiger partial charge in [-0.05, 0) is 55.3 Å². The van der Waals surface area contributed by atoms with E-state index in [2.05, 4.69) is 10.6 Å². The fourth-order valence-electron chi connectivity index (χ4n) is 3.50. The molecule has 164 valence electrons. The Balaban J connectivity index is 1.87. The maximum Gasteiger partial charge on any atom is 0.323 e. The van der Waals surface area contributed by atoms with Crippen molar-refractivity contribution < 1.29 is 14.4 Å². The third kappa shape index (κ3) is 5.53. The minimum atomic E-state index is -1.09. The van der Waals surface area contributed by atoms with E-state index in [9.17, 15) is 14.4 Å². The third-order valence-corrected chi connectivity index (χ3v) is 5.20. The molecule has 1 saturated heterocycles. The molecule has 1 aliphatic heterocycles. The Morgan fingerprint density at radius 1 is 1.10 bits per heavy atom. The number of hydrogen-bond donors (Lipinski definition) is 3. The van der Waals surface area contributed by atoms with Gasteiger partial charge in [-0.1, -0.05) is 23.7 Å². The van der Waals surface area contributed by atoms with Crippen LogP contribution < -0.4 is 16.4 Å². The summed E-state index contributed by atoms with van der Waals surface area (Å²) in [7, 11) is 0. The summed E-state index contributed by atoms with van der Waals surface area (Å²) >= 11 is 5.93. The fraction of sp³-hybridized carbons (Fsp3) is 0.318. The second kappa shape index (κ2) is 10.3. The van der Waals surface area contributed by atoms with E-state index in [1.165, 1.54) is 9.80 Å². The molecule has 31 heavy (non-hydrogen) atoms. The Morgan fingerprint density at radius 3 is 2.48 bits per heavy atom. The van der Waals surface area contributed by atoms with Crippen molar-refractivity contribution in [3.8, 4) is 0 Å². The zero-order valence-electron chi connectivity index (χ0n) is 17.3.